The van der Waals surface area contributed by atoms with Gasteiger partial charge in [-0.05, 0) is 37.6 Å². The van der Waals surface area contributed by atoms with Gasteiger partial charge >= 0.3 is 5.97 Å². The van der Waals surface area contributed by atoms with E-state index in [4.69, 9.17) is 9.47 Å². The highest BCUT2D eigenvalue weighted by Gasteiger charge is 2.14. The third-order valence-corrected chi connectivity index (χ3v) is 4.52. The Morgan fingerprint density at radius 2 is 1.93 bits per heavy atom. The number of nitrogens with one attached hydrogen (secondary N) is 2. The van der Waals surface area contributed by atoms with Crippen LogP contribution in [0.1, 0.15) is 30.6 Å². The number of carbonyl (C=O) groups is 1. The molecule has 0 saturated heterocycles. The minimum absolute atomic E-state index is 0.219. The average Bonchev–Trinajstić information content (AvgIpc) is 2.78. The van der Waals surface area contributed by atoms with E-state index in [0.29, 0.717) is 34.5 Å². The Labute approximate surface area is 175 Å². The van der Waals surface area contributed by atoms with E-state index in [1.54, 1.807) is 24.4 Å². The van der Waals surface area contributed by atoms with Gasteiger partial charge in [0.15, 0.2) is 0 Å². The van der Waals surface area contributed by atoms with Gasteiger partial charge in [0, 0.05) is 30.1 Å². The van der Waals surface area contributed by atoms with Gasteiger partial charge in [0.25, 0.3) is 0 Å². The molecule has 3 aromatic rings. The van der Waals surface area contributed by atoms with Gasteiger partial charge < -0.3 is 20.1 Å². The summed E-state index contributed by atoms with van der Waals surface area (Å²) < 4.78 is 10.1. The van der Waals surface area contributed by atoms with Crippen LogP contribution in [-0.2, 0) is 4.74 Å². The zero-order valence-corrected chi connectivity index (χ0v) is 17.5. The second-order valence-corrected chi connectivity index (χ2v) is 6.66. The predicted octanol–water partition coefficient (Wildman–Crippen LogP) is 4.29. The van der Waals surface area contributed by atoms with Crippen molar-refractivity contribution in [2.45, 2.75) is 26.3 Å². The molecule has 0 bridgehead atoms. The van der Waals surface area contributed by atoms with Gasteiger partial charge in [0.2, 0.25) is 5.95 Å². The van der Waals surface area contributed by atoms with Gasteiger partial charge in [0.05, 0.1) is 25.6 Å². The average molecular weight is 407 g/mol. The highest BCUT2D eigenvalue weighted by molar-refractivity contribution is 5.93. The maximum absolute atomic E-state index is 11.9. The Kier molecular flexibility index (Phi) is 6.79. The summed E-state index contributed by atoms with van der Waals surface area (Å²) in [5, 5.41) is 6.56. The highest BCUT2D eigenvalue weighted by Crippen LogP contribution is 2.27. The Balaban J connectivity index is 1.96. The molecule has 0 aliphatic heterocycles. The molecule has 1 atom stereocenters. The van der Waals surface area contributed by atoms with Crippen molar-refractivity contribution < 1.29 is 14.3 Å². The molecule has 2 aromatic heterocycles. The third-order valence-electron chi connectivity index (χ3n) is 4.52. The minimum Gasteiger partial charge on any atom is -0.496 e. The molecule has 3 rings (SSSR count). The summed E-state index contributed by atoms with van der Waals surface area (Å²) in [7, 11) is 2.84. The number of benzene rings is 1. The lowest BCUT2D eigenvalue weighted by Gasteiger charge is -2.15. The Hall–Kier alpha value is -3.68. The van der Waals surface area contributed by atoms with Crippen LogP contribution in [-0.4, -0.2) is 41.2 Å². The van der Waals surface area contributed by atoms with Gasteiger partial charge in [-0.25, -0.2) is 9.78 Å². The first kappa shape index (κ1) is 21.0. The molecule has 8 nitrogen and oxygen atoms in total. The van der Waals surface area contributed by atoms with Gasteiger partial charge in [-0.3, -0.25) is 4.98 Å². The van der Waals surface area contributed by atoms with E-state index >= 15 is 0 Å². The predicted molar refractivity (Wildman–Crippen MR) is 116 cm³/mol. The number of nitrogens with zero attached hydrogens (tertiary/aromatic N) is 3. The van der Waals surface area contributed by atoms with Crippen LogP contribution in [0, 0.1) is 0 Å². The molecule has 0 radical (unpaired) electrons. The molecule has 1 aromatic carbocycles. The van der Waals surface area contributed by atoms with Crippen LogP contribution in [0.25, 0.3) is 11.4 Å². The summed E-state index contributed by atoms with van der Waals surface area (Å²) in [6.45, 7) is 4.16. The van der Waals surface area contributed by atoms with Crippen molar-refractivity contribution in [1.82, 2.24) is 15.0 Å². The fourth-order valence-electron chi connectivity index (χ4n) is 2.74. The van der Waals surface area contributed by atoms with Crippen molar-refractivity contribution in [2.75, 3.05) is 24.9 Å². The fourth-order valence-corrected chi connectivity index (χ4v) is 2.74. The summed E-state index contributed by atoms with van der Waals surface area (Å²) in [5.74, 6) is 1.04. The molecule has 0 fully saturated rings. The summed E-state index contributed by atoms with van der Waals surface area (Å²) in [6, 6.07) is 12.8. The molecule has 2 N–H and O–H groups in total. The molecule has 0 aliphatic rings. The summed E-state index contributed by atoms with van der Waals surface area (Å²) in [6.07, 6.45) is 2.66. The molecule has 0 unspecified atom stereocenters. The maximum atomic E-state index is 11.9. The molecule has 0 saturated carbocycles. The van der Waals surface area contributed by atoms with Crippen molar-refractivity contribution in [1.29, 1.82) is 0 Å². The Morgan fingerprint density at radius 3 is 2.60 bits per heavy atom. The topological polar surface area (TPSA) is 98.3 Å². The third kappa shape index (κ3) is 5.02. The monoisotopic (exact) mass is 407 g/mol. The minimum atomic E-state index is -0.460. The summed E-state index contributed by atoms with van der Waals surface area (Å²) in [4.78, 5) is 25.5. The molecule has 0 amide bonds. The van der Waals surface area contributed by atoms with E-state index in [9.17, 15) is 4.79 Å². The van der Waals surface area contributed by atoms with E-state index in [2.05, 4.69) is 39.4 Å². The Morgan fingerprint density at radius 1 is 1.10 bits per heavy atom. The highest BCUT2D eigenvalue weighted by atomic mass is 16.5. The lowest BCUT2D eigenvalue weighted by molar-refractivity contribution is 0.0597. The Bertz CT molecular complexity index is 1010. The van der Waals surface area contributed by atoms with E-state index in [-0.39, 0.29) is 6.04 Å². The van der Waals surface area contributed by atoms with Crippen LogP contribution in [0.15, 0.2) is 48.7 Å². The van der Waals surface area contributed by atoms with E-state index < -0.39 is 5.97 Å². The maximum Gasteiger partial charge on any atom is 0.341 e. The number of ether oxygens (including phenoxy) is 2. The van der Waals surface area contributed by atoms with Crippen molar-refractivity contribution in [3.05, 3.63) is 54.2 Å². The van der Waals surface area contributed by atoms with Crippen molar-refractivity contribution in [3.63, 3.8) is 0 Å². The number of anilines is 3. The first-order valence-corrected chi connectivity index (χ1v) is 9.64. The SMILES string of the molecule is CC[C@@H](C)Nc1nc(Nc2ccc(C(=O)OC)c(OC)c2)cc(-c2ccccn2)n1. The number of pyridine rings is 1. The van der Waals surface area contributed by atoms with E-state index in [1.165, 1.54) is 14.2 Å². The lowest BCUT2D eigenvalue weighted by Crippen LogP contribution is -2.16. The van der Waals surface area contributed by atoms with Crippen LogP contribution in [0.4, 0.5) is 17.5 Å². The molecule has 2 heterocycles. The van der Waals surface area contributed by atoms with Crippen LogP contribution in [0.3, 0.4) is 0 Å². The first-order chi connectivity index (χ1) is 14.5. The van der Waals surface area contributed by atoms with Gasteiger partial charge in [-0.2, -0.15) is 4.98 Å². The molecule has 0 spiro atoms. The quantitative estimate of drug-likeness (QED) is 0.534. The number of rotatable bonds is 8. The first-order valence-electron chi connectivity index (χ1n) is 9.64. The number of hydrogen-bond donors (Lipinski definition) is 2. The van der Waals surface area contributed by atoms with Gasteiger partial charge in [0.1, 0.15) is 17.1 Å². The van der Waals surface area contributed by atoms with E-state index in [1.807, 2.05) is 24.3 Å². The number of methoxy groups -OCH3 is 2. The van der Waals surface area contributed by atoms with Crippen LogP contribution in [0.2, 0.25) is 0 Å². The second kappa shape index (κ2) is 9.69. The smallest absolute Gasteiger partial charge is 0.341 e. The molecular weight excluding hydrogens is 382 g/mol. The van der Waals surface area contributed by atoms with E-state index in [0.717, 1.165) is 12.1 Å². The summed E-state index contributed by atoms with van der Waals surface area (Å²) in [5.41, 5.74) is 2.49. The molecule has 156 valence electrons. The van der Waals surface area contributed by atoms with Crippen molar-refractivity contribution >= 4 is 23.4 Å². The number of carbonyl (C=O) groups excluding carboxylic acids is 1. The van der Waals surface area contributed by atoms with Gasteiger partial charge in [-0.1, -0.05) is 13.0 Å². The normalized spacial score (nSPS) is 11.5. The summed E-state index contributed by atoms with van der Waals surface area (Å²) >= 11 is 0. The standard InChI is InChI=1S/C22H25N5O3/c1-5-14(2)24-22-26-18(17-8-6-7-11-23-17)13-20(27-22)25-15-9-10-16(21(28)30-4)19(12-15)29-3/h6-14H,5H2,1-4H3,(H2,24,25,26,27)/t14-/m1/s1. The number of aromatic nitrogens is 3. The second-order valence-electron chi connectivity index (χ2n) is 6.66. The zero-order chi connectivity index (χ0) is 21.5. The van der Waals surface area contributed by atoms with Crippen molar-refractivity contribution in [2.24, 2.45) is 0 Å². The molecule has 30 heavy (non-hydrogen) atoms. The van der Waals surface area contributed by atoms with Gasteiger partial charge in [-0.15, -0.1) is 0 Å². The van der Waals surface area contributed by atoms with Crippen molar-refractivity contribution in [3.8, 4) is 17.1 Å². The molecule has 8 heteroatoms. The van der Waals surface area contributed by atoms with Crippen LogP contribution in [0.5, 0.6) is 5.75 Å². The fraction of sp³-hybridized carbons (Fsp3) is 0.273. The van der Waals surface area contributed by atoms with Crippen LogP contribution < -0.4 is 15.4 Å². The zero-order valence-electron chi connectivity index (χ0n) is 17.5. The molecule has 0 aliphatic carbocycles. The number of esters is 1. The lowest BCUT2D eigenvalue weighted by atomic mass is 10.1. The molecular formula is C22H25N5O3. The van der Waals surface area contributed by atoms with Crippen LogP contribution >= 0.6 is 0 Å². The number of hydrogen-bond acceptors (Lipinski definition) is 8. The largest absolute Gasteiger partial charge is 0.496 e.